The van der Waals surface area contributed by atoms with Crippen molar-refractivity contribution in [1.29, 1.82) is 0 Å². The molecule has 0 saturated heterocycles. The molecule has 0 radical (unpaired) electrons. The highest BCUT2D eigenvalue weighted by atomic mass is 19.3. The molecule has 0 aliphatic heterocycles. The number of carbonyl (C=O) groups excluding carboxylic acids is 1. The zero-order valence-corrected chi connectivity index (χ0v) is 8.00. The highest BCUT2D eigenvalue weighted by molar-refractivity contribution is 5.92. The third-order valence-electron chi connectivity index (χ3n) is 1.57. The maximum Gasteiger partial charge on any atom is 0.271 e. The average Bonchev–Trinajstić information content (AvgIpc) is 2.26. The molecule has 0 fully saturated rings. The molecule has 82 valence electrons. The minimum atomic E-state index is -2.57. The third kappa shape index (κ3) is 3.45. The monoisotopic (exact) mass is 216 g/mol. The Morgan fingerprint density at radius 1 is 1.47 bits per heavy atom. The Kier molecular flexibility index (Phi) is 3.90. The quantitative estimate of drug-likeness (QED) is 0.769. The van der Waals surface area contributed by atoms with Crippen molar-refractivity contribution in [3.8, 4) is 0 Å². The molecule has 1 aromatic rings. The molecule has 1 rings (SSSR count). The van der Waals surface area contributed by atoms with Gasteiger partial charge >= 0.3 is 0 Å². The van der Waals surface area contributed by atoms with E-state index >= 15 is 0 Å². The van der Waals surface area contributed by atoms with Gasteiger partial charge in [0.25, 0.3) is 12.3 Å². The first-order valence-electron chi connectivity index (χ1n) is 4.21. The summed E-state index contributed by atoms with van der Waals surface area (Å²) in [5.41, 5.74) is 0.00894. The molecule has 1 heterocycles. The molecule has 0 unspecified atom stereocenters. The lowest BCUT2D eigenvalue weighted by Crippen LogP contribution is -2.29. The third-order valence-corrected chi connectivity index (χ3v) is 1.57. The lowest BCUT2D eigenvalue weighted by Gasteiger charge is -2.03. The molecule has 5 nitrogen and oxygen atoms in total. The maximum atomic E-state index is 11.8. The van der Waals surface area contributed by atoms with Gasteiger partial charge in [0.2, 0.25) is 0 Å². The van der Waals surface area contributed by atoms with Crippen LogP contribution in [0, 0.1) is 0 Å². The molecule has 0 bridgehead atoms. The van der Waals surface area contributed by atoms with E-state index in [0.717, 1.165) is 0 Å². The van der Waals surface area contributed by atoms with Crippen LogP contribution < -0.4 is 10.6 Å². The van der Waals surface area contributed by atoms with Gasteiger partial charge in [-0.15, -0.1) is 10.2 Å². The second-order valence-electron chi connectivity index (χ2n) is 2.65. The predicted molar refractivity (Wildman–Crippen MR) is 49.9 cm³/mol. The first-order valence-corrected chi connectivity index (χ1v) is 4.21. The summed E-state index contributed by atoms with van der Waals surface area (Å²) in [6.07, 6.45) is -2.57. The average molecular weight is 216 g/mol. The maximum absolute atomic E-state index is 11.8. The van der Waals surface area contributed by atoms with Gasteiger partial charge in [0.05, 0.1) is 6.54 Å². The number of carbonyl (C=O) groups is 1. The second-order valence-corrected chi connectivity index (χ2v) is 2.65. The topological polar surface area (TPSA) is 66.9 Å². The van der Waals surface area contributed by atoms with Crippen LogP contribution in [0.25, 0.3) is 0 Å². The predicted octanol–water partition coefficient (Wildman–Crippen LogP) is 0.513. The summed E-state index contributed by atoms with van der Waals surface area (Å²) in [5.74, 6) is -0.161. The van der Waals surface area contributed by atoms with E-state index in [-0.39, 0.29) is 5.69 Å². The van der Waals surface area contributed by atoms with Crippen LogP contribution >= 0.6 is 0 Å². The molecule has 0 spiro atoms. The number of hydrogen-bond donors (Lipinski definition) is 2. The van der Waals surface area contributed by atoms with Crippen molar-refractivity contribution in [3.63, 3.8) is 0 Å². The molecule has 0 aromatic carbocycles. The van der Waals surface area contributed by atoms with Crippen molar-refractivity contribution in [2.45, 2.75) is 6.43 Å². The summed E-state index contributed by atoms with van der Waals surface area (Å²) >= 11 is 0. The molecule has 1 amide bonds. The van der Waals surface area contributed by atoms with Crippen LogP contribution in [0.1, 0.15) is 10.5 Å². The summed E-state index contributed by atoms with van der Waals surface area (Å²) in [4.78, 5) is 11.2. The zero-order chi connectivity index (χ0) is 11.3. The van der Waals surface area contributed by atoms with Crippen molar-refractivity contribution in [1.82, 2.24) is 15.5 Å². The van der Waals surface area contributed by atoms with Crippen LogP contribution in [-0.2, 0) is 0 Å². The second kappa shape index (κ2) is 5.18. The normalized spacial score (nSPS) is 10.1. The Morgan fingerprint density at radius 2 is 2.20 bits per heavy atom. The van der Waals surface area contributed by atoms with Crippen molar-refractivity contribution in [2.75, 3.05) is 18.9 Å². The van der Waals surface area contributed by atoms with Crippen molar-refractivity contribution in [3.05, 3.63) is 17.8 Å². The van der Waals surface area contributed by atoms with Gasteiger partial charge in [0.1, 0.15) is 5.82 Å². The number of aromatic nitrogens is 2. The van der Waals surface area contributed by atoms with E-state index in [1.165, 1.54) is 12.1 Å². The van der Waals surface area contributed by atoms with E-state index in [1.54, 1.807) is 7.05 Å². The standard InChI is InChI=1S/C8H10F2N4O/c1-11-7-3-2-5(13-14-7)8(15)12-4-6(9)10/h2-3,6H,4H2,1H3,(H,11,14)(H,12,15). The fourth-order valence-electron chi connectivity index (χ4n) is 0.847. The summed E-state index contributed by atoms with van der Waals surface area (Å²) < 4.78 is 23.5. The SMILES string of the molecule is CNc1ccc(C(=O)NCC(F)F)nn1. The minimum absolute atomic E-state index is 0.00894. The molecule has 15 heavy (non-hydrogen) atoms. The number of alkyl halides is 2. The van der Waals surface area contributed by atoms with Crippen LogP contribution in [0.3, 0.4) is 0 Å². The van der Waals surface area contributed by atoms with E-state index < -0.39 is 18.9 Å². The number of amides is 1. The van der Waals surface area contributed by atoms with E-state index in [0.29, 0.717) is 5.82 Å². The molecule has 0 aliphatic carbocycles. The highest BCUT2D eigenvalue weighted by Gasteiger charge is 2.10. The van der Waals surface area contributed by atoms with E-state index in [1.807, 2.05) is 5.32 Å². The van der Waals surface area contributed by atoms with Gasteiger partial charge in [-0.1, -0.05) is 0 Å². The summed E-state index contributed by atoms with van der Waals surface area (Å²) in [6, 6.07) is 2.93. The van der Waals surface area contributed by atoms with Crippen LogP contribution in [0.15, 0.2) is 12.1 Å². The van der Waals surface area contributed by atoms with Crippen molar-refractivity contribution in [2.24, 2.45) is 0 Å². The van der Waals surface area contributed by atoms with Gasteiger partial charge < -0.3 is 10.6 Å². The Balaban J connectivity index is 2.58. The molecule has 1 aromatic heterocycles. The summed E-state index contributed by atoms with van der Waals surface area (Å²) in [7, 11) is 1.65. The van der Waals surface area contributed by atoms with E-state index in [9.17, 15) is 13.6 Å². The molecule has 7 heteroatoms. The van der Waals surface area contributed by atoms with Gasteiger partial charge in [0.15, 0.2) is 5.69 Å². The molecular weight excluding hydrogens is 206 g/mol. The number of rotatable bonds is 4. The van der Waals surface area contributed by atoms with E-state index in [2.05, 4.69) is 15.5 Å². The van der Waals surface area contributed by atoms with Crippen LogP contribution in [-0.4, -0.2) is 36.1 Å². The zero-order valence-electron chi connectivity index (χ0n) is 8.00. The minimum Gasteiger partial charge on any atom is -0.372 e. The Hall–Kier alpha value is -1.79. The van der Waals surface area contributed by atoms with Crippen LogP contribution in [0.2, 0.25) is 0 Å². The van der Waals surface area contributed by atoms with Crippen molar-refractivity contribution < 1.29 is 13.6 Å². The number of nitrogens with zero attached hydrogens (tertiary/aromatic N) is 2. The number of nitrogens with one attached hydrogen (secondary N) is 2. The largest absolute Gasteiger partial charge is 0.372 e. The Bertz CT molecular complexity index is 328. The molecule has 0 saturated carbocycles. The lowest BCUT2D eigenvalue weighted by molar-refractivity contribution is 0.0886. The van der Waals surface area contributed by atoms with Gasteiger partial charge in [-0.05, 0) is 12.1 Å². The van der Waals surface area contributed by atoms with E-state index in [4.69, 9.17) is 0 Å². The number of hydrogen-bond acceptors (Lipinski definition) is 4. The fraction of sp³-hybridized carbons (Fsp3) is 0.375. The molecule has 0 aliphatic rings. The van der Waals surface area contributed by atoms with Gasteiger partial charge in [0, 0.05) is 7.05 Å². The fourth-order valence-corrected chi connectivity index (χ4v) is 0.847. The Morgan fingerprint density at radius 3 is 2.67 bits per heavy atom. The van der Waals surface area contributed by atoms with Crippen LogP contribution in [0.4, 0.5) is 14.6 Å². The first kappa shape index (κ1) is 11.3. The summed E-state index contributed by atoms with van der Waals surface area (Å²) in [5, 5.41) is 11.9. The smallest absolute Gasteiger partial charge is 0.271 e. The van der Waals surface area contributed by atoms with Crippen LogP contribution in [0.5, 0.6) is 0 Å². The number of halogens is 2. The molecule has 2 N–H and O–H groups in total. The number of anilines is 1. The molecule has 0 atom stereocenters. The molecular formula is C8H10F2N4O. The van der Waals surface area contributed by atoms with Gasteiger partial charge in [-0.2, -0.15) is 0 Å². The highest BCUT2D eigenvalue weighted by Crippen LogP contribution is 2.00. The van der Waals surface area contributed by atoms with Gasteiger partial charge in [-0.3, -0.25) is 4.79 Å². The summed E-state index contributed by atoms with van der Waals surface area (Å²) in [6.45, 7) is -0.686. The Labute approximate surface area is 84.9 Å². The van der Waals surface area contributed by atoms with Crippen molar-refractivity contribution >= 4 is 11.7 Å². The lowest BCUT2D eigenvalue weighted by atomic mass is 10.3. The first-order chi connectivity index (χ1) is 7.13. The van der Waals surface area contributed by atoms with Gasteiger partial charge in [-0.25, -0.2) is 8.78 Å².